The van der Waals surface area contributed by atoms with E-state index in [1.807, 2.05) is 0 Å². The number of rotatable bonds is 4. The summed E-state index contributed by atoms with van der Waals surface area (Å²) in [6, 6.07) is 13.6. The van der Waals surface area contributed by atoms with Crippen LogP contribution in [0.15, 0.2) is 64.2 Å². The molecule has 10 heteroatoms. The molecule has 0 bridgehead atoms. The average molecular weight is 465 g/mol. The van der Waals surface area contributed by atoms with E-state index in [4.69, 9.17) is 0 Å². The summed E-state index contributed by atoms with van der Waals surface area (Å²) in [6.07, 6.45) is 0. The van der Waals surface area contributed by atoms with Crippen molar-refractivity contribution in [3.63, 3.8) is 0 Å². The number of piperazine rings is 1. The Kier molecular flexibility index (Phi) is 6.40. The van der Waals surface area contributed by atoms with Crippen LogP contribution in [0.3, 0.4) is 0 Å². The molecule has 0 unspecified atom stereocenters. The van der Waals surface area contributed by atoms with Crippen molar-refractivity contribution in [2.75, 3.05) is 26.2 Å². The maximum absolute atomic E-state index is 14.6. The van der Waals surface area contributed by atoms with Gasteiger partial charge in [0, 0.05) is 33.1 Å². The molecule has 0 spiro atoms. The number of amides is 2. The van der Waals surface area contributed by atoms with Crippen LogP contribution in [0.4, 0.5) is 4.39 Å². The first-order chi connectivity index (χ1) is 16.3. The highest BCUT2D eigenvalue weighted by atomic mass is 19.1. The van der Waals surface area contributed by atoms with E-state index in [9.17, 15) is 23.6 Å². The number of para-hydroxylation sites is 1. The van der Waals surface area contributed by atoms with Gasteiger partial charge in [-0.25, -0.2) is 13.8 Å². The first-order valence-corrected chi connectivity index (χ1v) is 10.9. The summed E-state index contributed by atoms with van der Waals surface area (Å²) >= 11 is 0. The molecule has 1 aromatic heterocycles. The number of hydrogen-bond donors (Lipinski definition) is 0. The molecule has 0 radical (unpaired) electrons. The van der Waals surface area contributed by atoms with Gasteiger partial charge in [0.2, 0.25) is 11.6 Å². The van der Waals surface area contributed by atoms with E-state index in [2.05, 4.69) is 5.10 Å². The molecule has 3 aromatic rings. The summed E-state index contributed by atoms with van der Waals surface area (Å²) in [4.78, 5) is 54.7. The van der Waals surface area contributed by atoms with Crippen molar-refractivity contribution >= 4 is 11.8 Å². The molecular weight excluding hydrogens is 441 g/mol. The van der Waals surface area contributed by atoms with Gasteiger partial charge in [-0.1, -0.05) is 42.5 Å². The minimum atomic E-state index is -0.857. The Balaban J connectivity index is 1.85. The highest BCUT2D eigenvalue weighted by molar-refractivity contribution is 5.92. The molecule has 0 saturated carbocycles. The molecule has 1 atom stereocenters. The van der Waals surface area contributed by atoms with Crippen LogP contribution in [-0.2, 0) is 4.79 Å². The van der Waals surface area contributed by atoms with Gasteiger partial charge in [0.15, 0.2) is 0 Å². The van der Waals surface area contributed by atoms with Crippen LogP contribution in [0.25, 0.3) is 5.69 Å². The quantitative estimate of drug-likeness (QED) is 0.581. The highest BCUT2D eigenvalue weighted by Crippen LogP contribution is 2.16. The lowest BCUT2D eigenvalue weighted by molar-refractivity contribution is -0.130. The van der Waals surface area contributed by atoms with Crippen LogP contribution in [0.2, 0.25) is 0 Å². The molecule has 9 nitrogen and oxygen atoms in total. The maximum Gasteiger partial charge on any atom is 0.352 e. The molecule has 0 aliphatic carbocycles. The van der Waals surface area contributed by atoms with Crippen molar-refractivity contribution in [1.29, 1.82) is 0 Å². The van der Waals surface area contributed by atoms with Crippen molar-refractivity contribution < 1.29 is 14.0 Å². The van der Waals surface area contributed by atoms with Gasteiger partial charge in [-0.15, -0.1) is 0 Å². The Bertz CT molecular complexity index is 1340. The molecule has 2 amide bonds. The van der Waals surface area contributed by atoms with Crippen LogP contribution in [0.5, 0.6) is 0 Å². The second kappa shape index (κ2) is 9.42. The fourth-order valence-electron chi connectivity index (χ4n) is 4.00. The van der Waals surface area contributed by atoms with E-state index in [-0.39, 0.29) is 24.7 Å². The topological polar surface area (TPSA) is 97.5 Å². The van der Waals surface area contributed by atoms with E-state index in [1.54, 1.807) is 42.2 Å². The Morgan fingerprint density at radius 2 is 1.50 bits per heavy atom. The summed E-state index contributed by atoms with van der Waals surface area (Å²) in [5, 5.41) is 4.03. The highest BCUT2D eigenvalue weighted by Gasteiger charge is 2.30. The molecule has 2 aromatic carbocycles. The predicted molar refractivity (Wildman–Crippen MR) is 122 cm³/mol. The number of halogens is 1. The van der Waals surface area contributed by atoms with Gasteiger partial charge < -0.3 is 9.80 Å². The molecule has 1 aliphatic rings. The van der Waals surface area contributed by atoms with E-state index < -0.39 is 34.7 Å². The molecule has 4 rings (SSSR count). The molecule has 2 heterocycles. The maximum atomic E-state index is 14.6. The van der Waals surface area contributed by atoms with Crippen LogP contribution >= 0.6 is 0 Å². The lowest BCUT2D eigenvalue weighted by Gasteiger charge is -2.34. The van der Waals surface area contributed by atoms with Crippen molar-refractivity contribution in [2.24, 2.45) is 0 Å². The predicted octanol–water partition coefficient (Wildman–Crippen LogP) is 1.45. The fraction of sp³-hybridized carbons (Fsp3) is 0.292. The third-order valence-electron chi connectivity index (χ3n) is 5.97. The lowest BCUT2D eigenvalue weighted by atomic mass is 10.1. The van der Waals surface area contributed by atoms with Crippen LogP contribution in [0.1, 0.15) is 35.9 Å². The SMILES string of the molecule is CC(=O)N1CCN(C(=O)c2nn(-c3ccccc3F)c(=O)n([C@@H](C)c3ccccc3)c2=O)CC1. The van der Waals surface area contributed by atoms with Gasteiger partial charge in [-0.3, -0.25) is 14.4 Å². The zero-order valence-electron chi connectivity index (χ0n) is 18.8. The van der Waals surface area contributed by atoms with Gasteiger partial charge in [0.25, 0.3) is 11.5 Å². The first-order valence-electron chi connectivity index (χ1n) is 10.9. The van der Waals surface area contributed by atoms with Gasteiger partial charge in [-0.2, -0.15) is 9.78 Å². The van der Waals surface area contributed by atoms with Gasteiger partial charge in [-0.05, 0) is 24.6 Å². The van der Waals surface area contributed by atoms with E-state index in [1.165, 1.54) is 36.1 Å². The van der Waals surface area contributed by atoms with Gasteiger partial charge in [0.1, 0.15) is 11.5 Å². The molecule has 176 valence electrons. The van der Waals surface area contributed by atoms with Crippen molar-refractivity contribution in [1.82, 2.24) is 24.1 Å². The zero-order valence-corrected chi connectivity index (χ0v) is 18.8. The second-order valence-electron chi connectivity index (χ2n) is 8.05. The standard InChI is InChI=1S/C24H24FN5O4/c1-16(18-8-4-3-5-9-18)29-23(33)21(22(32)28-14-12-27(13-15-28)17(2)31)26-30(24(29)34)20-11-7-6-10-19(20)25/h3-11,16H,12-15H2,1-2H3/t16-/m0/s1. The molecule has 1 aliphatic heterocycles. The van der Waals surface area contributed by atoms with Crippen LogP contribution < -0.4 is 11.2 Å². The van der Waals surface area contributed by atoms with E-state index in [0.717, 1.165) is 9.25 Å². The zero-order chi connectivity index (χ0) is 24.4. The summed E-state index contributed by atoms with van der Waals surface area (Å²) in [5.41, 5.74) is -1.70. The molecule has 34 heavy (non-hydrogen) atoms. The van der Waals surface area contributed by atoms with Gasteiger partial charge in [0.05, 0.1) is 6.04 Å². The molecular formula is C24H24FN5O4. The third-order valence-corrected chi connectivity index (χ3v) is 5.97. The molecule has 1 fully saturated rings. The Labute approximate surface area is 194 Å². The third kappa shape index (κ3) is 4.26. The number of hydrogen-bond acceptors (Lipinski definition) is 5. The largest absolute Gasteiger partial charge is 0.352 e. The van der Waals surface area contributed by atoms with Crippen molar-refractivity contribution in [2.45, 2.75) is 19.9 Å². The van der Waals surface area contributed by atoms with Crippen molar-refractivity contribution in [3.05, 3.63) is 92.5 Å². The van der Waals surface area contributed by atoms with Crippen LogP contribution in [-0.4, -0.2) is 62.1 Å². The van der Waals surface area contributed by atoms with Gasteiger partial charge >= 0.3 is 5.69 Å². The Morgan fingerprint density at radius 1 is 0.912 bits per heavy atom. The lowest BCUT2D eigenvalue weighted by Crippen LogP contribution is -2.53. The fourth-order valence-corrected chi connectivity index (χ4v) is 4.00. The molecule has 1 saturated heterocycles. The number of carbonyl (C=O) groups excluding carboxylic acids is 2. The summed E-state index contributed by atoms with van der Waals surface area (Å²) in [7, 11) is 0. The van der Waals surface area contributed by atoms with Crippen molar-refractivity contribution in [3.8, 4) is 5.69 Å². The minimum Gasteiger partial charge on any atom is -0.339 e. The second-order valence-corrected chi connectivity index (χ2v) is 8.05. The Hall–Kier alpha value is -4.08. The summed E-state index contributed by atoms with van der Waals surface area (Å²) in [6.45, 7) is 4.18. The van der Waals surface area contributed by atoms with Crippen LogP contribution in [0, 0.1) is 5.82 Å². The summed E-state index contributed by atoms with van der Waals surface area (Å²) in [5.74, 6) is -1.49. The summed E-state index contributed by atoms with van der Waals surface area (Å²) < 4.78 is 16.3. The van der Waals surface area contributed by atoms with E-state index in [0.29, 0.717) is 18.7 Å². The number of nitrogens with zero attached hydrogens (tertiary/aromatic N) is 5. The number of carbonyl (C=O) groups is 2. The normalized spacial score (nSPS) is 14.7. The average Bonchev–Trinajstić information content (AvgIpc) is 2.85. The Morgan fingerprint density at radius 3 is 2.12 bits per heavy atom. The number of aromatic nitrogens is 3. The monoisotopic (exact) mass is 465 g/mol. The smallest absolute Gasteiger partial charge is 0.339 e. The first kappa shape index (κ1) is 23.1. The minimum absolute atomic E-state index is 0.0997. The molecule has 0 N–H and O–H groups in total. The van der Waals surface area contributed by atoms with E-state index >= 15 is 0 Å². The number of benzene rings is 2.